The summed E-state index contributed by atoms with van der Waals surface area (Å²) in [6, 6.07) is 0. The first-order valence-corrected chi connectivity index (χ1v) is 9.15. The summed E-state index contributed by atoms with van der Waals surface area (Å²) in [6.07, 6.45) is 2.65. The second-order valence-electron chi connectivity index (χ2n) is 6.39. The smallest absolute Gasteiger partial charge is 0.333 e. The lowest BCUT2D eigenvalue weighted by atomic mass is 10.2. The summed E-state index contributed by atoms with van der Waals surface area (Å²) in [6.45, 7) is 13.6. The molecule has 154 valence electrons. The molecule has 0 aliphatic carbocycles. The Morgan fingerprint density at radius 3 is 1.59 bits per heavy atom. The molecule has 0 N–H and O–H groups in total. The van der Waals surface area contributed by atoms with Crippen LogP contribution < -0.4 is 0 Å². The van der Waals surface area contributed by atoms with E-state index in [0.717, 1.165) is 6.42 Å². The molecule has 0 radical (unpaired) electrons. The van der Waals surface area contributed by atoms with E-state index < -0.39 is 5.97 Å². The van der Waals surface area contributed by atoms with Gasteiger partial charge in [-0.25, -0.2) is 9.59 Å². The molecular formula is C20H32O7. The van der Waals surface area contributed by atoms with Gasteiger partial charge in [-0.15, -0.1) is 0 Å². The maximum Gasteiger partial charge on any atom is 0.333 e. The zero-order valence-electron chi connectivity index (χ0n) is 16.7. The average molecular weight is 384 g/mol. The topological polar surface area (TPSA) is 88.1 Å². The fraction of sp³-hybridized carbons (Fsp3) is 0.650. The van der Waals surface area contributed by atoms with Crippen molar-refractivity contribution in [3.05, 3.63) is 24.3 Å². The minimum Gasteiger partial charge on any atom is -0.465 e. The SMILES string of the molecule is C=C(C)C(=O)OCCCCOCC(C)C(=O)OCCCCOC(=O)C(=C)C. The molecule has 0 saturated heterocycles. The molecule has 1 unspecified atom stereocenters. The fourth-order valence-corrected chi connectivity index (χ4v) is 1.73. The Labute approximate surface area is 161 Å². The van der Waals surface area contributed by atoms with Crippen molar-refractivity contribution >= 4 is 17.9 Å². The van der Waals surface area contributed by atoms with E-state index in [2.05, 4.69) is 13.2 Å². The van der Waals surface area contributed by atoms with Crippen molar-refractivity contribution in [3.8, 4) is 0 Å². The molecule has 0 amide bonds. The van der Waals surface area contributed by atoms with Gasteiger partial charge in [0.2, 0.25) is 0 Å². The molecule has 7 nitrogen and oxygen atoms in total. The third-order valence-corrected chi connectivity index (χ3v) is 3.40. The van der Waals surface area contributed by atoms with Gasteiger partial charge in [0.15, 0.2) is 0 Å². The second kappa shape index (κ2) is 15.0. The Morgan fingerprint density at radius 2 is 1.15 bits per heavy atom. The van der Waals surface area contributed by atoms with E-state index in [1.165, 1.54) is 0 Å². The standard InChI is InChI=1S/C20H32O7/c1-15(2)18(21)25-11-7-6-10-24-14-17(5)20(23)27-13-9-8-12-26-19(22)16(3)4/h17H,1,3,6-14H2,2,4-5H3. The molecule has 0 fully saturated rings. The first kappa shape index (κ1) is 24.8. The molecule has 0 aromatic carbocycles. The van der Waals surface area contributed by atoms with Crippen LogP contribution in [0.25, 0.3) is 0 Å². The van der Waals surface area contributed by atoms with E-state index in [0.29, 0.717) is 43.6 Å². The van der Waals surface area contributed by atoms with Gasteiger partial charge in [-0.2, -0.15) is 0 Å². The normalized spacial score (nSPS) is 11.4. The van der Waals surface area contributed by atoms with Crippen LogP contribution in [0.1, 0.15) is 46.5 Å². The largest absolute Gasteiger partial charge is 0.465 e. The predicted molar refractivity (Wildman–Crippen MR) is 101 cm³/mol. The highest BCUT2D eigenvalue weighted by atomic mass is 16.5. The van der Waals surface area contributed by atoms with Gasteiger partial charge in [0.1, 0.15) is 0 Å². The highest BCUT2D eigenvalue weighted by Crippen LogP contribution is 2.03. The highest BCUT2D eigenvalue weighted by molar-refractivity contribution is 5.87. The van der Waals surface area contributed by atoms with E-state index in [9.17, 15) is 14.4 Å². The number of ether oxygens (including phenoxy) is 4. The Balaban J connectivity index is 3.56. The van der Waals surface area contributed by atoms with Gasteiger partial charge in [0.25, 0.3) is 0 Å². The number of rotatable bonds is 15. The lowest BCUT2D eigenvalue weighted by Gasteiger charge is -2.12. The third kappa shape index (κ3) is 13.7. The highest BCUT2D eigenvalue weighted by Gasteiger charge is 2.14. The van der Waals surface area contributed by atoms with E-state index in [-0.39, 0.29) is 37.7 Å². The van der Waals surface area contributed by atoms with Crippen LogP contribution in [0.3, 0.4) is 0 Å². The Bertz CT molecular complexity index is 510. The number of hydrogen-bond acceptors (Lipinski definition) is 7. The molecule has 0 rings (SSSR count). The Morgan fingerprint density at radius 1 is 0.741 bits per heavy atom. The molecule has 7 heteroatoms. The molecule has 0 heterocycles. The molecular weight excluding hydrogens is 352 g/mol. The Kier molecular flexibility index (Phi) is 13.8. The minimum absolute atomic E-state index is 0.278. The Hall–Kier alpha value is -2.15. The van der Waals surface area contributed by atoms with E-state index >= 15 is 0 Å². The van der Waals surface area contributed by atoms with E-state index in [1.807, 2.05) is 0 Å². The van der Waals surface area contributed by atoms with Crippen molar-refractivity contribution in [2.24, 2.45) is 5.92 Å². The summed E-state index contributed by atoms with van der Waals surface area (Å²) in [7, 11) is 0. The molecule has 1 atom stereocenters. The maximum absolute atomic E-state index is 11.8. The first-order chi connectivity index (χ1) is 12.8. The van der Waals surface area contributed by atoms with Crippen LogP contribution in [0.2, 0.25) is 0 Å². The monoisotopic (exact) mass is 384 g/mol. The molecule has 0 aliphatic heterocycles. The van der Waals surface area contributed by atoms with Crippen LogP contribution in [0.5, 0.6) is 0 Å². The van der Waals surface area contributed by atoms with Crippen molar-refractivity contribution in [2.75, 3.05) is 33.0 Å². The van der Waals surface area contributed by atoms with Gasteiger partial charge in [0, 0.05) is 17.8 Å². The van der Waals surface area contributed by atoms with Gasteiger partial charge in [-0.05, 0) is 46.5 Å². The molecule has 0 aromatic heterocycles. The maximum atomic E-state index is 11.8. The van der Waals surface area contributed by atoms with Gasteiger partial charge < -0.3 is 18.9 Å². The lowest BCUT2D eigenvalue weighted by Crippen LogP contribution is -2.21. The number of unbranched alkanes of at least 4 members (excludes halogenated alkanes) is 2. The molecule has 0 aliphatic rings. The molecule has 27 heavy (non-hydrogen) atoms. The van der Waals surface area contributed by atoms with Crippen molar-refractivity contribution in [3.63, 3.8) is 0 Å². The summed E-state index contributed by atoms with van der Waals surface area (Å²) in [5, 5.41) is 0. The van der Waals surface area contributed by atoms with Crippen LogP contribution in [0, 0.1) is 5.92 Å². The number of esters is 3. The van der Waals surface area contributed by atoms with Crippen LogP contribution in [0.4, 0.5) is 0 Å². The molecule has 0 bridgehead atoms. The second-order valence-corrected chi connectivity index (χ2v) is 6.39. The summed E-state index contributed by atoms with van der Waals surface area (Å²) >= 11 is 0. The number of carbonyl (C=O) groups excluding carboxylic acids is 3. The number of carbonyl (C=O) groups is 3. The quantitative estimate of drug-likeness (QED) is 0.186. The van der Waals surface area contributed by atoms with Gasteiger partial charge in [0.05, 0.1) is 32.3 Å². The summed E-state index contributed by atoms with van der Waals surface area (Å²) in [4.78, 5) is 34.1. The van der Waals surface area contributed by atoms with Gasteiger partial charge in [-0.3, -0.25) is 4.79 Å². The third-order valence-electron chi connectivity index (χ3n) is 3.40. The van der Waals surface area contributed by atoms with E-state index in [1.54, 1.807) is 20.8 Å². The zero-order chi connectivity index (χ0) is 20.7. The van der Waals surface area contributed by atoms with Crippen molar-refractivity contribution in [1.29, 1.82) is 0 Å². The van der Waals surface area contributed by atoms with Crippen molar-refractivity contribution in [2.45, 2.75) is 46.5 Å². The van der Waals surface area contributed by atoms with Crippen LogP contribution in [-0.2, 0) is 33.3 Å². The van der Waals surface area contributed by atoms with E-state index in [4.69, 9.17) is 18.9 Å². The fourth-order valence-electron chi connectivity index (χ4n) is 1.73. The molecule has 0 aromatic rings. The average Bonchev–Trinajstić information content (AvgIpc) is 2.62. The summed E-state index contributed by atoms with van der Waals surface area (Å²) in [5.41, 5.74) is 0.745. The molecule has 0 saturated carbocycles. The van der Waals surface area contributed by atoms with Gasteiger partial charge in [-0.1, -0.05) is 13.2 Å². The summed E-state index contributed by atoms with van der Waals surface area (Å²) < 4.78 is 20.5. The van der Waals surface area contributed by atoms with Crippen molar-refractivity contribution in [1.82, 2.24) is 0 Å². The first-order valence-electron chi connectivity index (χ1n) is 9.15. The van der Waals surface area contributed by atoms with Crippen molar-refractivity contribution < 1.29 is 33.3 Å². The van der Waals surface area contributed by atoms with Crippen LogP contribution in [0.15, 0.2) is 24.3 Å². The van der Waals surface area contributed by atoms with Gasteiger partial charge >= 0.3 is 17.9 Å². The van der Waals surface area contributed by atoms with Crippen LogP contribution in [-0.4, -0.2) is 50.9 Å². The molecule has 0 spiro atoms. The predicted octanol–water partition coefficient (Wildman–Crippen LogP) is 2.98. The minimum atomic E-state index is -0.410. The van der Waals surface area contributed by atoms with Crippen LogP contribution >= 0.6 is 0 Å². The zero-order valence-corrected chi connectivity index (χ0v) is 16.7. The number of hydrogen-bond donors (Lipinski definition) is 0. The summed E-state index contributed by atoms with van der Waals surface area (Å²) in [5.74, 6) is -1.47. The lowest BCUT2D eigenvalue weighted by molar-refractivity contribution is -0.150.